The summed E-state index contributed by atoms with van der Waals surface area (Å²) in [4.78, 5) is 25.2. The molecule has 0 radical (unpaired) electrons. The van der Waals surface area contributed by atoms with E-state index in [4.69, 9.17) is 11.6 Å². The number of rotatable bonds is 6. The largest absolute Gasteiger partial charge is 0.368 e. The number of carbonyl (C=O) groups is 1. The second-order valence-electron chi connectivity index (χ2n) is 6.77. The third-order valence-corrected chi connectivity index (χ3v) is 5.11. The van der Waals surface area contributed by atoms with Gasteiger partial charge in [0.05, 0.1) is 6.54 Å². The number of hydrogen-bond acceptors (Lipinski definition) is 4. The van der Waals surface area contributed by atoms with Crippen molar-refractivity contribution < 1.29 is 4.79 Å². The molecule has 2 N–H and O–H groups in total. The van der Waals surface area contributed by atoms with Crippen LogP contribution in [0.25, 0.3) is 0 Å². The van der Waals surface area contributed by atoms with E-state index in [1.54, 1.807) is 13.2 Å². The Hall–Kier alpha value is -2.07. The first kappa shape index (κ1) is 24.2. The van der Waals surface area contributed by atoms with E-state index in [1.165, 1.54) is 0 Å². The molecule has 1 fully saturated rings. The summed E-state index contributed by atoms with van der Waals surface area (Å²) in [7, 11) is 1.70. The number of aromatic nitrogens is 1. The van der Waals surface area contributed by atoms with Crippen molar-refractivity contribution in [3.05, 3.63) is 59.4 Å². The summed E-state index contributed by atoms with van der Waals surface area (Å²) in [6, 6.07) is 13.7. The van der Waals surface area contributed by atoms with Gasteiger partial charge in [0.1, 0.15) is 0 Å². The lowest BCUT2D eigenvalue weighted by molar-refractivity contribution is -0.130. The van der Waals surface area contributed by atoms with Gasteiger partial charge in [0.25, 0.3) is 0 Å². The van der Waals surface area contributed by atoms with Crippen molar-refractivity contribution in [2.45, 2.75) is 6.42 Å². The van der Waals surface area contributed by atoms with Crippen LogP contribution in [0.15, 0.2) is 53.7 Å². The van der Waals surface area contributed by atoms with Crippen LogP contribution in [0, 0.1) is 0 Å². The number of pyridine rings is 1. The highest BCUT2D eigenvalue weighted by Gasteiger charge is 2.21. The Labute approximate surface area is 199 Å². The van der Waals surface area contributed by atoms with Gasteiger partial charge in [0, 0.05) is 68.8 Å². The lowest BCUT2D eigenvalue weighted by Gasteiger charge is -2.36. The third kappa shape index (κ3) is 7.32. The van der Waals surface area contributed by atoms with Crippen LogP contribution in [0.2, 0.25) is 5.02 Å². The van der Waals surface area contributed by atoms with Crippen LogP contribution in [0.1, 0.15) is 5.69 Å². The predicted molar refractivity (Wildman–Crippen MR) is 133 cm³/mol. The molecule has 2 aromatic rings. The predicted octanol–water partition coefficient (Wildman–Crippen LogP) is 2.41. The van der Waals surface area contributed by atoms with Crippen LogP contribution in [0.4, 0.5) is 5.69 Å². The number of aliphatic imine (C=N–C) groups is 1. The molecule has 0 aliphatic carbocycles. The number of piperazine rings is 1. The van der Waals surface area contributed by atoms with E-state index in [0.717, 1.165) is 35.9 Å². The standard InChI is InChI=1S/C21H27ClN6O.HI/c1-23-21(25-11-9-18-4-2-3-10-24-18)26-16-20(29)28-14-12-27(13-15-28)19-7-5-17(22)6-8-19;/h2-8,10H,9,11-16H2,1H3,(H2,23,25,26);1H. The molecule has 0 bridgehead atoms. The molecular formula is C21H28ClIN6O. The smallest absolute Gasteiger partial charge is 0.242 e. The zero-order valence-electron chi connectivity index (χ0n) is 17.1. The fraction of sp³-hybridized carbons (Fsp3) is 0.381. The summed E-state index contributed by atoms with van der Waals surface area (Å²) < 4.78 is 0. The van der Waals surface area contributed by atoms with Crippen molar-refractivity contribution in [1.82, 2.24) is 20.5 Å². The van der Waals surface area contributed by atoms with Gasteiger partial charge in [0.2, 0.25) is 5.91 Å². The van der Waals surface area contributed by atoms with Gasteiger partial charge in [-0.05, 0) is 36.4 Å². The Bertz CT molecular complexity index is 810. The maximum Gasteiger partial charge on any atom is 0.242 e. The fourth-order valence-corrected chi connectivity index (χ4v) is 3.34. The molecule has 1 aromatic carbocycles. The lowest BCUT2D eigenvalue weighted by Crippen LogP contribution is -2.52. The van der Waals surface area contributed by atoms with Crippen molar-refractivity contribution in [3.63, 3.8) is 0 Å². The number of halogens is 2. The highest BCUT2D eigenvalue weighted by Crippen LogP contribution is 2.19. The molecule has 1 saturated heterocycles. The minimum absolute atomic E-state index is 0. The summed E-state index contributed by atoms with van der Waals surface area (Å²) in [6.07, 6.45) is 2.58. The lowest BCUT2D eigenvalue weighted by atomic mass is 10.2. The van der Waals surface area contributed by atoms with Crippen LogP contribution in [-0.4, -0.2) is 68.1 Å². The summed E-state index contributed by atoms with van der Waals surface area (Å²) in [6.45, 7) is 3.95. The molecule has 1 aliphatic heterocycles. The first-order chi connectivity index (χ1) is 14.2. The highest BCUT2D eigenvalue weighted by atomic mass is 127. The van der Waals surface area contributed by atoms with E-state index in [2.05, 4.69) is 25.5 Å². The zero-order valence-corrected chi connectivity index (χ0v) is 20.1. The average molecular weight is 543 g/mol. The molecule has 2 heterocycles. The number of nitrogens with one attached hydrogen (secondary N) is 2. The fourth-order valence-electron chi connectivity index (χ4n) is 3.21. The number of anilines is 1. The van der Waals surface area contributed by atoms with E-state index in [1.807, 2.05) is 47.4 Å². The van der Waals surface area contributed by atoms with Crippen LogP contribution in [0.3, 0.4) is 0 Å². The molecule has 9 heteroatoms. The number of carbonyl (C=O) groups excluding carboxylic acids is 1. The van der Waals surface area contributed by atoms with Gasteiger partial charge in [-0.15, -0.1) is 24.0 Å². The molecule has 1 amide bonds. The van der Waals surface area contributed by atoms with Crippen molar-refractivity contribution >= 4 is 53.1 Å². The molecule has 7 nitrogen and oxygen atoms in total. The number of hydrogen-bond donors (Lipinski definition) is 2. The van der Waals surface area contributed by atoms with Gasteiger partial charge in [-0.3, -0.25) is 14.8 Å². The summed E-state index contributed by atoms with van der Waals surface area (Å²) >= 11 is 5.95. The molecule has 0 saturated carbocycles. The van der Waals surface area contributed by atoms with Crippen molar-refractivity contribution in [2.75, 3.05) is 51.2 Å². The second-order valence-corrected chi connectivity index (χ2v) is 7.20. The van der Waals surface area contributed by atoms with Crippen LogP contribution < -0.4 is 15.5 Å². The molecular weight excluding hydrogens is 515 g/mol. The zero-order chi connectivity index (χ0) is 20.5. The van der Waals surface area contributed by atoms with Gasteiger partial charge in [-0.2, -0.15) is 0 Å². The number of amides is 1. The average Bonchev–Trinajstić information content (AvgIpc) is 2.77. The second kappa shape index (κ2) is 12.6. The number of guanidine groups is 1. The Morgan fingerprint density at radius 3 is 2.47 bits per heavy atom. The quantitative estimate of drug-likeness (QED) is 0.333. The monoisotopic (exact) mass is 542 g/mol. The Morgan fingerprint density at radius 2 is 1.83 bits per heavy atom. The van der Waals surface area contributed by atoms with E-state index in [0.29, 0.717) is 25.6 Å². The van der Waals surface area contributed by atoms with Crippen molar-refractivity contribution in [1.29, 1.82) is 0 Å². The normalized spacial score (nSPS) is 14.1. The van der Waals surface area contributed by atoms with Gasteiger partial charge >= 0.3 is 0 Å². The van der Waals surface area contributed by atoms with Crippen molar-refractivity contribution in [2.24, 2.45) is 4.99 Å². The summed E-state index contributed by atoms with van der Waals surface area (Å²) in [5.41, 5.74) is 2.15. The first-order valence-electron chi connectivity index (χ1n) is 9.78. The minimum atomic E-state index is 0. The molecule has 0 spiro atoms. The Morgan fingerprint density at radius 1 is 1.10 bits per heavy atom. The molecule has 3 rings (SSSR count). The molecule has 1 aromatic heterocycles. The van der Waals surface area contributed by atoms with Crippen molar-refractivity contribution in [3.8, 4) is 0 Å². The van der Waals surface area contributed by atoms with E-state index in [9.17, 15) is 4.79 Å². The minimum Gasteiger partial charge on any atom is -0.368 e. The third-order valence-electron chi connectivity index (χ3n) is 4.85. The van der Waals surface area contributed by atoms with Gasteiger partial charge in [-0.25, -0.2) is 0 Å². The van der Waals surface area contributed by atoms with E-state index < -0.39 is 0 Å². The topological polar surface area (TPSA) is 72.9 Å². The number of benzene rings is 1. The van der Waals surface area contributed by atoms with Gasteiger partial charge in [0.15, 0.2) is 5.96 Å². The molecule has 30 heavy (non-hydrogen) atoms. The van der Waals surface area contributed by atoms with Crippen LogP contribution in [0.5, 0.6) is 0 Å². The Balaban J connectivity index is 0.00000320. The SMILES string of the molecule is CN=C(NCCc1ccccn1)NCC(=O)N1CCN(c2ccc(Cl)cc2)CC1.I. The molecule has 0 atom stereocenters. The maximum atomic E-state index is 12.5. The molecule has 162 valence electrons. The first-order valence-corrected chi connectivity index (χ1v) is 10.2. The van der Waals surface area contributed by atoms with E-state index in [-0.39, 0.29) is 36.4 Å². The van der Waals surface area contributed by atoms with Crippen LogP contribution in [-0.2, 0) is 11.2 Å². The summed E-state index contributed by atoms with van der Waals surface area (Å²) in [5.74, 6) is 0.697. The molecule has 1 aliphatic rings. The van der Waals surface area contributed by atoms with Gasteiger partial charge in [-0.1, -0.05) is 17.7 Å². The summed E-state index contributed by atoms with van der Waals surface area (Å²) in [5, 5.41) is 7.05. The Kier molecular flexibility index (Phi) is 10.2. The molecule has 0 unspecified atom stereocenters. The number of nitrogens with zero attached hydrogens (tertiary/aromatic N) is 4. The van der Waals surface area contributed by atoms with Crippen LogP contribution >= 0.6 is 35.6 Å². The highest BCUT2D eigenvalue weighted by molar-refractivity contribution is 14.0. The van der Waals surface area contributed by atoms with Gasteiger partial charge < -0.3 is 20.4 Å². The van der Waals surface area contributed by atoms with E-state index >= 15 is 0 Å². The maximum absolute atomic E-state index is 12.5.